The van der Waals surface area contributed by atoms with Gasteiger partial charge in [0.2, 0.25) is 11.8 Å². The van der Waals surface area contributed by atoms with Crippen LogP contribution in [0.5, 0.6) is 0 Å². The molecule has 0 fully saturated rings. The van der Waals surface area contributed by atoms with Crippen molar-refractivity contribution in [2.24, 2.45) is 0 Å². The third-order valence-electron chi connectivity index (χ3n) is 2.00. The number of halogens is 3. The van der Waals surface area contributed by atoms with Crippen LogP contribution < -0.4 is 5.32 Å². The summed E-state index contributed by atoms with van der Waals surface area (Å²) < 4.78 is 45.2. The number of rotatable bonds is 6. The summed E-state index contributed by atoms with van der Waals surface area (Å²) in [7, 11) is 0. The Morgan fingerprint density at radius 3 is 2.37 bits per heavy atom. The van der Waals surface area contributed by atoms with Crippen molar-refractivity contribution in [2.45, 2.75) is 45.5 Å². The van der Waals surface area contributed by atoms with E-state index in [1.807, 2.05) is 20.8 Å². The summed E-state index contributed by atoms with van der Waals surface area (Å²) >= 11 is 0. The number of nitrogens with one attached hydrogen (secondary N) is 1. The predicted molar refractivity (Wildman–Crippen MR) is 61.5 cm³/mol. The van der Waals surface area contributed by atoms with Gasteiger partial charge >= 0.3 is 6.18 Å². The molecule has 0 saturated carbocycles. The minimum Gasteiger partial charge on any atom is -0.424 e. The van der Waals surface area contributed by atoms with Crippen molar-refractivity contribution >= 4 is 0 Å². The van der Waals surface area contributed by atoms with Gasteiger partial charge in [0, 0.05) is 12.0 Å². The van der Waals surface area contributed by atoms with Gasteiger partial charge in [-0.1, -0.05) is 0 Å². The topological polar surface area (TPSA) is 60.2 Å². The molecule has 1 rings (SSSR count). The molecule has 1 aromatic heterocycles. The molecule has 0 unspecified atom stereocenters. The normalized spacial score (nSPS) is 12.9. The molecule has 1 heterocycles. The molecule has 0 aliphatic heterocycles. The highest BCUT2D eigenvalue weighted by Crippen LogP contribution is 2.14. The molecule has 0 atom stereocenters. The molecule has 1 aromatic rings. The maximum Gasteiger partial charge on any atom is 0.411 e. The van der Waals surface area contributed by atoms with E-state index in [9.17, 15) is 13.2 Å². The molecule has 0 spiro atoms. The molecule has 0 aliphatic rings. The van der Waals surface area contributed by atoms with E-state index < -0.39 is 12.8 Å². The molecule has 0 bridgehead atoms. The minimum absolute atomic E-state index is 0.0789. The molecule has 5 nitrogen and oxygen atoms in total. The zero-order chi connectivity index (χ0) is 14.5. The molecule has 0 amide bonds. The largest absolute Gasteiger partial charge is 0.424 e. The first kappa shape index (κ1) is 15.9. The van der Waals surface area contributed by atoms with Crippen molar-refractivity contribution in [1.82, 2.24) is 15.5 Å². The second-order valence-electron chi connectivity index (χ2n) is 5.11. The average Bonchev–Trinajstić information content (AvgIpc) is 2.67. The van der Waals surface area contributed by atoms with E-state index in [1.54, 1.807) is 0 Å². The molecule has 8 heteroatoms. The maximum absolute atomic E-state index is 11.8. The minimum atomic E-state index is -4.31. The molecule has 0 aromatic carbocycles. The summed E-state index contributed by atoms with van der Waals surface area (Å²) in [6.07, 6.45) is -4.14. The van der Waals surface area contributed by atoms with Crippen LogP contribution >= 0.6 is 0 Å². The van der Waals surface area contributed by atoms with Crippen LogP contribution in [-0.4, -0.2) is 35.1 Å². The van der Waals surface area contributed by atoms with Gasteiger partial charge in [0.15, 0.2) is 0 Å². The van der Waals surface area contributed by atoms with E-state index >= 15 is 0 Å². The Morgan fingerprint density at radius 2 is 1.79 bits per heavy atom. The van der Waals surface area contributed by atoms with Crippen LogP contribution in [0.2, 0.25) is 0 Å². The number of alkyl halides is 3. The van der Waals surface area contributed by atoms with Crippen molar-refractivity contribution in [3.63, 3.8) is 0 Å². The van der Waals surface area contributed by atoms with Crippen LogP contribution in [0, 0.1) is 0 Å². The summed E-state index contributed by atoms with van der Waals surface area (Å²) in [5, 5.41) is 10.7. The van der Waals surface area contributed by atoms with Crippen LogP contribution in [0.1, 0.15) is 32.6 Å². The monoisotopic (exact) mass is 281 g/mol. The molecular weight excluding hydrogens is 263 g/mol. The van der Waals surface area contributed by atoms with Crippen LogP contribution in [0.15, 0.2) is 4.42 Å². The molecule has 0 saturated heterocycles. The predicted octanol–water partition coefficient (Wildman–Crippen LogP) is 2.08. The van der Waals surface area contributed by atoms with Crippen LogP contribution in [0.4, 0.5) is 13.2 Å². The Hall–Kier alpha value is -1.15. The molecule has 0 aliphatic carbocycles. The lowest BCUT2D eigenvalue weighted by molar-refractivity contribution is -0.173. The summed E-state index contributed by atoms with van der Waals surface area (Å²) in [5.74, 6) is 0.675. The number of aromatic nitrogens is 2. The first-order chi connectivity index (χ1) is 8.66. The number of ether oxygens (including phenoxy) is 1. The number of nitrogens with zero attached hydrogens (tertiary/aromatic N) is 2. The molecular formula is C11H18F3N3O2. The summed E-state index contributed by atoms with van der Waals surface area (Å²) in [6, 6.07) is 0. The highest BCUT2D eigenvalue weighted by Gasteiger charge is 2.27. The molecule has 0 radical (unpaired) electrons. The Kier molecular flexibility index (Phi) is 5.30. The molecule has 1 N–H and O–H groups in total. The Balaban J connectivity index is 2.27. The van der Waals surface area contributed by atoms with Crippen LogP contribution in [0.25, 0.3) is 0 Å². The standard InChI is InChI=1S/C11H18F3N3O2/c1-10(2,3)15-6-9-17-16-8(19-9)4-5-18-7-11(12,13)14/h15H,4-7H2,1-3H3. The van der Waals surface area contributed by atoms with Gasteiger partial charge in [-0.05, 0) is 20.8 Å². The average molecular weight is 281 g/mol. The van der Waals surface area contributed by atoms with E-state index in [-0.39, 0.29) is 24.5 Å². The lowest BCUT2D eigenvalue weighted by Gasteiger charge is -2.18. The lowest BCUT2D eigenvalue weighted by atomic mass is 10.1. The van der Waals surface area contributed by atoms with E-state index in [2.05, 4.69) is 20.3 Å². The smallest absolute Gasteiger partial charge is 0.411 e. The Bertz CT molecular complexity index is 385. The maximum atomic E-state index is 11.8. The SMILES string of the molecule is CC(C)(C)NCc1nnc(CCOCC(F)(F)F)o1. The summed E-state index contributed by atoms with van der Waals surface area (Å²) in [5.41, 5.74) is -0.0789. The Labute approximate surface area is 109 Å². The summed E-state index contributed by atoms with van der Waals surface area (Å²) in [6.45, 7) is 5.03. The Morgan fingerprint density at radius 1 is 1.16 bits per heavy atom. The zero-order valence-electron chi connectivity index (χ0n) is 11.2. The van der Waals surface area contributed by atoms with Gasteiger partial charge in [0.05, 0.1) is 13.2 Å². The second kappa shape index (κ2) is 6.33. The van der Waals surface area contributed by atoms with Crippen molar-refractivity contribution in [3.05, 3.63) is 11.8 Å². The highest BCUT2D eigenvalue weighted by atomic mass is 19.4. The number of hydrogen-bond donors (Lipinski definition) is 1. The van der Waals surface area contributed by atoms with Gasteiger partial charge in [-0.2, -0.15) is 13.2 Å². The van der Waals surface area contributed by atoms with E-state index in [0.717, 1.165) is 0 Å². The van der Waals surface area contributed by atoms with Gasteiger partial charge in [-0.3, -0.25) is 0 Å². The third kappa shape index (κ3) is 7.78. The number of hydrogen-bond acceptors (Lipinski definition) is 5. The van der Waals surface area contributed by atoms with Crippen molar-refractivity contribution < 1.29 is 22.3 Å². The van der Waals surface area contributed by atoms with Crippen LogP contribution in [0.3, 0.4) is 0 Å². The lowest BCUT2D eigenvalue weighted by Crippen LogP contribution is -2.35. The van der Waals surface area contributed by atoms with Crippen molar-refractivity contribution in [1.29, 1.82) is 0 Å². The van der Waals surface area contributed by atoms with Gasteiger partial charge in [0.1, 0.15) is 6.61 Å². The molecule has 19 heavy (non-hydrogen) atoms. The van der Waals surface area contributed by atoms with E-state index in [1.165, 1.54) is 0 Å². The quantitative estimate of drug-likeness (QED) is 0.809. The second-order valence-corrected chi connectivity index (χ2v) is 5.11. The van der Waals surface area contributed by atoms with Gasteiger partial charge < -0.3 is 14.5 Å². The van der Waals surface area contributed by atoms with E-state index in [0.29, 0.717) is 12.4 Å². The zero-order valence-corrected chi connectivity index (χ0v) is 11.2. The first-order valence-corrected chi connectivity index (χ1v) is 5.86. The van der Waals surface area contributed by atoms with Crippen molar-refractivity contribution in [3.8, 4) is 0 Å². The molecule has 110 valence electrons. The van der Waals surface area contributed by atoms with Gasteiger partial charge in [-0.15, -0.1) is 10.2 Å². The van der Waals surface area contributed by atoms with Crippen LogP contribution in [-0.2, 0) is 17.7 Å². The van der Waals surface area contributed by atoms with Gasteiger partial charge in [0.25, 0.3) is 0 Å². The fraction of sp³-hybridized carbons (Fsp3) is 0.818. The summed E-state index contributed by atoms with van der Waals surface area (Å²) in [4.78, 5) is 0. The highest BCUT2D eigenvalue weighted by molar-refractivity contribution is 4.83. The van der Waals surface area contributed by atoms with Gasteiger partial charge in [-0.25, -0.2) is 0 Å². The van der Waals surface area contributed by atoms with Crippen molar-refractivity contribution in [2.75, 3.05) is 13.2 Å². The first-order valence-electron chi connectivity index (χ1n) is 5.86. The van der Waals surface area contributed by atoms with E-state index in [4.69, 9.17) is 4.42 Å². The third-order valence-corrected chi connectivity index (χ3v) is 2.00. The fourth-order valence-corrected chi connectivity index (χ4v) is 1.15. The fourth-order valence-electron chi connectivity index (χ4n) is 1.15.